The van der Waals surface area contributed by atoms with Gasteiger partial charge in [0, 0.05) is 13.1 Å². The predicted octanol–water partition coefficient (Wildman–Crippen LogP) is 4.52. The molecule has 0 unspecified atom stereocenters. The number of halogens is 2. The number of hydrogen-bond acceptors (Lipinski definition) is 5. The molecule has 1 amide bonds. The van der Waals surface area contributed by atoms with Crippen LogP contribution in [0.15, 0.2) is 42.5 Å². The van der Waals surface area contributed by atoms with Gasteiger partial charge in [0.05, 0.1) is 23.3 Å². The Morgan fingerprint density at radius 3 is 2.50 bits per heavy atom. The zero-order chi connectivity index (χ0) is 19.4. The molecule has 0 atom stereocenters. The third-order valence-electron chi connectivity index (χ3n) is 4.17. The fourth-order valence-corrected chi connectivity index (χ4v) is 4.01. The Bertz CT molecular complexity index is 932. The van der Waals surface area contributed by atoms with E-state index in [1.165, 1.54) is 11.3 Å². The second-order valence-corrected chi connectivity index (χ2v) is 7.82. The molecule has 0 aliphatic rings. The van der Waals surface area contributed by atoms with Crippen molar-refractivity contribution in [1.29, 1.82) is 0 Å². The third kappa shape index (κ3) is 5.14. The van der Waals surface area contributed by atoms with E-state index in [1.54, 1.807) is 24.1 Å². The quantitative estimate of drug-likeness (QED) is 0.542. The Balaban J connectivity index is 0.00000280. The van der Waals surface area contributed by atoms with Crippen LogP contribution < -0.4 is 9.64 Å². The molecule has 0 radical (unpaired) electrons. The first-order valence-electron chi connectivity index (χ1n) is 8.61. The molecule has 2 aromatic carbocycles. The van der Waals surface area contributed by atoms with Crippen molar-refractivity contribution in [2.45, 2.75) is 6.42 Å². The monoisotopic (exact) mass is 439 g/mol. The minimum Gasteiger partial charge on any atom is -0.494 e. The minimum absolute atomic E-state index is 0. The lowest BCUT2D eigenvalue weighted by Gasteiger charge is -2.22. The van der Waals surface area contributed by atoms with Crippen molar-refractivity contribution in [1.82, 2.24) is 9.88 Å². The summed E-state index contributed by atoms with van der Waals surface area (Å²) in [5, 5.41) is 1.25. The maximum absolute atomic E-state index is 13.1. The van der Waals surface area contributed by atoms with Crippen molar-refractivity contribution in [2.75, 3.05) is 39.2 Å². The molecule has 0 fully saturated rings. The highest BCUT2D eigenvalue weighted by Gasteiger charge is 2.22. The maximum Gasteiger partial charge on any atom is 0.233 e. The van der Waals surface area contributed by atoms with E-state index in [2.05, 4.69) is 4.98 Å². The molecule has 1 heterocycles. The smallest absolute Gasteiger partial charge is 0.233 e. The van der Waals surface area contributed by atoms with E-state index in [1.807, 2.05) is 49.3 Å². The average Bonchev–Trinajstić information content (AvgIpc) is 3.09. The van der Waals surface area contributed by atoms with Gasteiger partial charge in [0.1, 0.15) is 11.3 Å². The van der Waals surface area contributed by atoms with Gasteiger partial charge in [-0.15, -0.1) is 12.4 Å². The summed E-state index contributed by atoms with van der Waals surface area (Å²) < 4.78 is 6.23. The van der Waals surface area contributed by atoms with E-state index in [0.29, 0.717) is 34.4 Å². The first-order valence-corrected chi connectivity index (χ1v) is 9.81. The topological polar surface area (TPSA) is 45.7 Å². The van der Waals surface area contributed by atoms with E-state index in [4.69, 9.17) is 16.3 Å². The van der Waals surface area contributed by atoms with Crippen molar-refractivity contribution in [3.8, 4) is 5.75 Å². The Labute approximate surface area is 180 Å². The lowest BCUT2D eigenvalue weighted by atomic mass is 10.1. The Morgan fingerprint density at radius 2 is 1.86 bits per heavy atom. The highest BCUT2D eigenvalue weighted by Crippen LogP contribution is 2.38. The van der Waals surface area contributed by atoms with Gasteiger partial charge in [0.15, 0.2) is 5.13 Å². The number of carbonyl (C=O) groups is 1. The molecule has 28 heavy (non-hydrogen) atoms. The fourth-order valence-electron chi connectivity index (χ4n) is 2.71. The van der Waals surface area contributed by atoms with Gasteiger partial charge in [-0.2, -0.15) is 0 Å². The molecule has 1 aromatic heterocycles. The zero-order valence-electron chi connectivity index (χ0n) is 16.0. The summed E-state index contributed by atoms with van der Waals surface area (Å²) >= 11 is 7.76. The lowest BCUT2D eigenvalue weighted by Crippen LogP contribution is -2.37. The molecule has 3 aromatic rings. The molecule has 150 valence electrons. The summed E-state index contributed by atoms with van der Waals surface area (Å²) in [6, 6.07) is 13.3. The van der Waals surface area contributed by atoms with Crippen molar-refractivity contribution in [2.24, 2.45) is 0 Å². The van der Waals surface area contributed by atoms with Crippen LogP contribution in [0.4, 0.5) is 5.13 Å². The van der Waals surface area contributed by atoms with Crippen LogP contribution in [0, 0.1) is 0 Å². The average molecular weight is 440 g/mol. The van der Waals surface area contributed by atoms with E-state index < -0.39 is 0 Å². The molecule has 0 N–H and O–H groups in total. The Hall–Kier alpha value is -1.86. The van der Waals surface area contributed by atoms with Crippen LogP contribution in [-0.2, 0) is 11.2 Å². The van der Waals surface area contributed by atoms with Crippen LogP contribution in [-0.4, -0.2) is 50.1 Å². The molecule has 0 saturated carbocycles. The summed E-state index contributed by atoms with van der Waals surface area (Å²) in [5.41, 5.74) is 1.67. The van der Waals surface area contributed by atoms with Crippen LogP contribution in [0.25, 0.3) is 10.2 Å². The number of methoxy groups -OCH3 is 1. The molecule has 0 spiro atoms. The first-order chi connectivity index (χ1) is 13.0. The number of rotatable bonds is 7. The lowest BCUT2D eigenvalue weighted by molar-refractivity contribution is -0.118. The number of fused-ring (bicyclic) bond motifs is 1. The van der Waals surface area contributed by atoms with E-state index in [-0.39, 0.29) is 18.3 Å². The van der Waals surface area contributed by atoms with Crippen LogP contribution >= 0.6 is 35.3 Å². The summed E-state index contributed by atoms with van der Waals surface area (Å²) in [6.45, 7) is 1.29. The van der Waals surface area contributed by atoms with Gasteiger partial charge in [0.25, 0.3) is 0 Å². The molecule has 0 saturated heterocycles. The summed E-state index contributed by atoms with van der Waals surface area (Å²) in [7, 11) is 5.57. The molecule has 0 aliphatic carbocycles. The maximum atomic E-state index is 13.1. The predicted molar refractivity (Wildman–Crippen MR) is 119 cm³/mol. The minimum atomic E-state index is 0. The van der Waals surface area contributed by atoms with Gasteiger partial charge in [-0.1, -0.05) is 53.3 Å². The van der Waals surface area contributed by atoms with Crippen LogP contribution in [0.1, 0.15) is 5.56 Å². The second-order valence-electron chi connectivity index (χ2n) is 6.43. The number of hydrogen-bond donors (Lipinski definition) is 0. The van der Waals surface area contributed by atoms with E-state index in [9.17, 15) is 4.79 Å². The molecule has 0 aliphatic heterocycles. The van der Waals surface area contributed by atoms with E-state index >= 15 is 0 Å². The number of carbonyl (C=O) groups excluding carboxylic acids is 1. The van der Waals surface area contributed by atoms with Crippen LogP contribution in [0.2, 0.25) is 5.02 Å². The third-order valence-corrected chi connectivity index (χ3v) is 5.71. The molecule has 3 rings (SSSR count). The summed E-state index contributed by atoms with van der Waals surface area (Å²) in [4.78, 5) is 21.5. The fraction of sp³-hybridized carbons (Fsp3) is 0.300. The first kappa shape index (κ1) is 22.4. The number of thiazole rings is 1. The Kier molecular flexibility index (Phi) is 8.07. The number of benzene rings is 2. The van der Waals surface area contributed by atoms with Crippen molar-refractivity contribution in [3.05, 3.63) is 53.1 Å². The summed E-state index contributed by atoms with van der Waals surface area (Å²) in [5.74, 6) is 0.664. The largest absolute Gasteiger partial charge is 0.494 e. The highest BCUT2D eigenvalue weighted by molar-refractivity contribution is 7.23. The van der Waals surface area contributed by atoms with Gasteiger partial charge in [-0.3, -0.25) is 9.69 Å². The molecular formula is C20H23Cl2N3O2S. The zero-order valence-corrected chi connectivity index (χ0v) is 18.4. The normalized spacial score (nSPS) is 10.8. The van der Waals surface area contributed by atoms with Crippen LogP contribution in [0.3, 0.4) is 0 Å². The Morgan fingerprint density at radius 1 is 1.14 bits per heavy atom. The standard InChI is InChI=1S/C20H22ClN3O2S.ClH/c1-23(2)11-12-24(17(25)13-14-7-5-4-6-8-14)20-22-18-16(26-3)10-9-15(21)19(18)27-20;/h4-10H,11-13H2,1-3H3;1H. The highest BCUT2D eigenvalue weighted by atomic mass is 35.5. The molecule has 0 bridgehead atoms. The number of likely N-dealkylation sites (N-methyl/N-ethyl adjacent to an activating group) is 1. The number of ether oxygens (including phenoxy) is 1. The number of aromatic nitrogens is 1. The SMILES string of the molecule is COc1ccc(Cl)c2sc(N(CCN(C)C)C(=O)Cc3ccccc3)nc12.Cl. The van der Waals surface area contributed by atoms with Crippen molar-refractivity contribution >= 4 is 56.6 Å². The van der Waals surface area contributed by atoms with Crippen molar-refractivity contribution in [3.63, 3.8) is 0 Å². The van der Waals surface area contributed by atoms with Gasteiger partial charge in [0.2, 0.25) is 5.91 Å². The number of nitrogens with zero attached hydrogens (tertiary/aromatic N) is 3. The molecular weight excluding hydrogens is 417 g/mol. The molecule has 8 heteroatoms. The molecule has 5 nitrogen and oxygen atoms in total. The van der Waals surface area contributed by atoms with Gasteiger partial charge in [-0.25, -0.2) is 4.98 Å². The van der Waals surface area contributed by atoms with Crippen LogP contribution in [0.5, 0.6) is 5.75 Å². The number of amides is 1. The number of anilines is 1. The van der Waals surface area contributed by atoms with E-state index in [0.717, 1.165) is 16.8 Å². The summed E-state index contributed by atoms with van der Waals surface area (Å²) in [6.07, 6.45) is 0.328. The second kappa shape index (κ2) is 10.1. The van der Waals surface area contributed by atoms with Gasteiger partial charge >= 0.3 is 0 Å². The van der Waals surface area contributed by atoms with Gasteiger partial charge in [-0.05, 0) is 31.8 Å². The van der Waals surface area contributed by atoms with Gasteiger partial charge < -0.3 is 9.64 Å². The van der Waals surface area contributed by atoms with Crippen molar-refractivity contribution < 1.29 is 9.53 Å².